The Labute approximate surface area is 146 Å². The zero-order valence-corrected chi connectivity index (χ0v) is 14.9. The fourth-order valence-corrected chi connectivity index (χ4v) is 2.64. The van der Waals surface area contributed by atoms with Crippen molar-refractivity contribution in [3.63, 3.8) is 0 Å². The molecule has 0 amide bonds. The zero-order chi connectivity index (χ0) is 17.8. The van der Waals surface area contributed by atoms with Crippen molar-refractivity contribution in [2.24, 2.45) is 0 Å². The van der Waals surface area contributed by atoms with Crippen LogP contribution in [0.5, 0.6) is 11.5 Å². The number of ether oxygens (including phenoxy) is 3. The quantitative estimate of drug-likeness (QED) is 0.666. The summed E-state index contributed by atoms with van der Waals surface area (Å²) in [5.74, 6) is 2.23. The van der Waals surface area contributed by atoms with Gasteiger partial charge in [-0.25, -0.2) is 4.98 Å². The van der Waals surface area contributed by atoms with Gasteiger partial charge in [-0.1, -0.05) is 0 Å². The van der Waals surface area contributed by atoms with E-state index in [1.165, 1.54) is 0 Å². The molecule has 7 nitrogen and oxygen atoms in total. The number of hydrogen-bond acceptors (Lipinski definition) is 6. The van der Waals surface area contributed by atoms with Gasteiger partial charge in [0.05, 0.1) is 26.5 Å². The molecule has 0 unspecified atom stereocenters. The second-order valence-electron chi connectivity index (χ2n) is 5.57. The lowest BCUT2D eigenvalue weighted by Gasteiger charge is -2.09. The van der Waals surface area contributed by atoms with E-state index in [4.69, 9.17) is 14.2 Å². The molecule has 0 saturated carbocycles. The van der Waals surface area contributed by atoms with Gasteiger partial charge in [0.1, 0.15) is 5.82 Å². The Morgan fingerprint density at radius 1 is 1.04 bits per heavy atom. The molecule has 0 radical (unpaired) electrons. The maximum absolute atomic E-state index is 5.38. The summed E-state index contributed by atoms with van der Waals surface area (Å²) in [5, 5.41) is 8.01. The third-order valence-electron chi connectivity index (χ3n) is 3.85. The van der Waals surface area contributed by atoms with Crippen LogP contribution in [-0.4, -0.2) is 49.1 Å². The molecule has 2 aromatic heterocycles. The number of hydrogen-bond donors (Lipinski definition) is 1. The Kier molecular flexibility index (Phi) is 5.04. The number of methoxy groups -OCH3 is 3. The van der Waals surface area contributed by atoms with E-state index in [1.807, 2.05) is 37.3 Å². The minimum Gasteiger partial charge on any atom is -0.493 e. The normalized spacial score (nSPS) is 10.9. The molecule has 7 heteroatoms. The number of rotatable bonds is 7. The SMILES string of the molecule is COCCNc1cc(C)nc2cc(-c3ccc(OC)c(OC)c3)nn12. The van der Waals surface area contributed by atoms with E-state index >= 15 is 0 Å². The molecular weight excluding hydrogens is 320 g/mol. The van der Waals surface area contributed by atoms with Gasteiger partial charge >= 0.3 is 0 Å². The van der Waals surface area contributed by atoms with Gasteiger partial charge in [0.2, 0.25) is 0 Å². The summed E-state index contributed by atoms with van der Waals surface area (Å²) in [7, 11) is 4.92. The van der Waals surface area contributed by atoms with Crippen molar-refractivity contribution < 1.29 is 14.2 Å². The van der Waals surface area contributed by atoms with Crippen molar-refractivity contribution in [1.29, 1.82) is 0 Å². The van der Waals surface area contributed by atoms with Crippen molar-refractivity contribution >= 4 is 11.5 Å². The van der Waals surface area contributed by atoms with E-state index in [9.17, 15) is 0 Å². The number of anilines is 1. The van der Waals surface area contributed by atoms with Gasteiger partial charge in [0.25, 0.3) is 0 Å². The van der Waals surface area contributed by atoms with Crippen LogP contribution in [0, 0.1) is 6.92 Å². The number of aryl methyl sites for hydroxylation is 1. The van der Waals surface area contributed by atoms with Crippen LogP contribution in [0.1, 0.15) is 5.69 Å². The van der Waals surface area contributed by atoms with Gasteiger partial charge in [0.15, 0.2) is 17.1 Å². The maximum Gasteiger partial charge on any atom is 0.161 e. The van der Waals surface area contributed by atoms with Crippen molar-refractivity contribution in [2.75, 3.05) is 39.8 Å². The highest BCUT2D eigenvalue weighted by Crippen LogP contribution is 2.32. The molecule has 0 spiro atoms. The summed E-state index contributed by atoms with van der Waals surface area (Å²) in [6, 6.07) is 9.65. The fourth-order valence-electron chi connectivity index (χ4n) is 2.64. The van der Waals surface area contributed by atoms with Crippen LogP contribution in [0.4, 0.5) is 5.82 Å². The molecule has 132 valence electrons. The average molecular weight is 342 g/mol. The standard InChI is InChI=1S/C18H22N4O3/c1-12-9-17(19-7-8-23-2)22-18(20-12)11-14(21-22)13-5-6-15(24-3)16(10-13)25-4/h5-6,9-11,19H,7-8H2,1-4H3. The van der Waals surface area contributed by atoms with E-state index in [0.29, 0.717) is 24.7 Å². The summed E-state index contributed by atoms with van der Waals surface area (Å²) in [6.45, 7) is 3.28. The lowest BCUT2D eigenvalue weighted by molar-refractivity contribution is 0.210. The highest BCUT2D eigenvalue weighted by Gasteiger charge is 2.12. The molecule has 3 aromatic rings. The van der Waals surface area contributed by atoms with Crippen molar-refractivity contribution in [2.45, 2.75) is 6.92 Å². The summed E-state index contributed by atoms with van der Waals surface area (Å²) in [4.78, 5) is 4.56. The Hall–Kier alpha value is -2.80. The molecule has 0 atom stereocenters. The van der Waals surface area contributed by atoms with Crippen LogP contribution < -0.4 is 14.8 Å². The van der Waals surface area contributed by atoms with Gasteiger partial charge in [-0.05, 0) is 25.1 Å². The van der Waals surface area contributed by atoms with E-state index in [2.05, 4.69) is 15.4 Å². The molecule has 0 aliphatic rings. The summed E-state index contributed by atoms with van der Waals surface area (Å²) in [6.07, 6.45) is 0. The lowest BCUT2D eigenvalue weighted by atomic mass is 10.1. The third-order valence-corrected chi connectivity index (χ3v) is 3.85. The smallest absolute Gasteiger partial charge is 0.161 e. The molecule has 0 fully saturated rings. The number of nitrogens with zero attached hydrogens (tertiary/aromatic N) is 3. The van der Waals surface area contributed by atoms with Gasteiger partial charge in [-0.3, -0.25) is 0 Å². The Bertz CT molecular complexity index is 876. The molecule has 3 rings (SSSR count). The highest BCUT2D eigenvalue weighted by atomic mass is 16.5. The molecule has 1 aromatic carbocycles. The first-order valence-corrected chi connectivity index (χ1v) is 7.99. The second kappa shape index (κ2) is 7.40. The third kappa shape index (κ3) is 3.51. The van der Waals surface area contributed by atoms with Gasteiger partial charge < -0.3 is 19.5 Å². The number of fused-ring (bicyclic) bond motifs is 1. The second-order valence-corrected chi connectivity index (χ2v) is 5.57. The maximum atomic E-state index is 5.38. The minimum atomic E-state index is 0.618. The Balaban J connectivity index is 2.02. The molecule has 0 aliphatic carbocycles. The molecule has 25 heavy (non-hydrogen) atoms. The molecule has 0 aliphatic heterocycles. The Morgan fingerprint density at radius 2 is 1.84 bits per heavy atom. The first-order valence-electron chi connectivity index (χ1n) is 7.99. The van der Waals surface area contributed by atoms with E-state index in [1.54, 1.807) is 25.8 Å². The first-order chi connectivity index (χ1) is 12.2. The van der Waals surface area contributed by atoms with E-state index < -0.39 is 0 Å². The zero-order valence-electron chi connectivity index (χ0n) is 14.9. The predicted molar refractivity (Wildman–Crippen MR) is 96.6 cm³/mol. The molecule has 1 N–H and O–H groups in total. The van der Waals surface area contributed by atoms with Crippen LogP contribution in [0.2, 0.25) is 0 Å². The minimum absolute atomic E-state index is 0.618. The average Bonchev–Trinajstić information content (AvgIpc) is 3.05. The van der Waals surface area contributed by atoms with Crippen LogP contribution in [-0.2, 0) is 4.74 Å². The largest absolute Gasteiger partial charge is 0.493 e. The van der Waals surface area contributed by atoms with Gasteiger partial charge in [0, 0.05) is 37.0 Å². The Morgan fingerprint density at radius 3 is 2.56 bits per heavy atom. The molecular formula is C18H22N4O3. The molecule has 2 heterocycles. The van der Waals surface area contributed by atoms with Crippen LogP contribution in [0.25, 0.3) is 16.9 Å². The van der Waals surface area contributed by atoms with Gasteiger partial charge in [-0.15, -0.1) is 0 Å². The molecule has 0 saturated heterocycles. The van der Waals surface area contributed by atoms with Crippen molar-refractivity contribution in [1.82, 2.24) is 14.6 Å². The predicted octanol–water partition coefficient (Wildman–Crippen LogP) is 2.78. The van der Waals surface area contributed by atoms with E-state index in [0.717, 1.165) is 28.4 Å². The number of nitrogens with one attached hydrogen (secondary N) is 1. The topological polar surface area (TPSA) is 69.9 Å². The van der Waals surface area contributed by atoms with Crippen molar-refractivity contribution in [3.05, 3.63) is 36.0 Å². The first kappa shape index (κ1) is 17.0. The van der Waals surface area contributed by atoms with Crippen LogP contribution in [0.3, 0.4) is 0 Å². The monoisotopic (exact) mass is 342 g/mol. The van der Waals surface area contributed by atoms with Gasteiger partial charge in [-0.2, -0.15) is 9.61 Å². The lowest BCUT2D eigenvalue weighted by Crippen LogP contribution is -2.11. The summed E-state index contributed by atoms with van der Waals surface area (Å²) in [5.41, 5.74) is 3.45. The molecule has 0 bridgehead atoms. The number of aromatic nitrogens is 3. The van der Waals surface area contributed by atoms with E-state index in [-0.39, 0.29) is 0 Å². The van der Waals surface area contributed by atoms with Crippen LogP contribution in [0.15, 0.2) is 30.3 Å². The summed E-state index contributed by atoms with van der Waals surface area (Å²) < 4.78 is 17.6. The number of benzene rings is 1. The highest BCUT2D eigenvalue weighted by molar-refractivity contribution is 5.68. The van der Waals surface area contributed by atoms with Crippen molar-refractivity contribution in [3.8, 4) is 22.8 Å². The fraction of sp³-hybridized carbons (Fsp3) is 0.333. The van der Waals surface area contributed by atoms with Crippen LogP contribution >= 0.6 is 0 Å². The summed E-state index contributed by atoms with van der Waals surface area (Å²) >= 11 is 0.